The molecule has 0 bridgehead atoms. The van der Waals surface area contributed by atoms with Crippen molar-refractivity contribution in [1.82, 2.24) is 20.5 Å². The lowest BCUT2D eigenvalue weighted by molar-refractivity contribution is -0.139. The summed E-state index contributed by atoms with van der Waals surface area (Å²) in [5, 5.41) is 9.47. The number of anilines is 1. The molecule has 1 spiro atoms. The molecular weight excluding hydrogens is 406 g/mol. The number of fused-ring (bicyclic) bond motifs is 1. The first-order chi connectivity index (χ1) is 15.4. The van der Waals surface area contributed by atoms with Gasteiger partial charge in [0.05, 0.1) is 5.56 Å². The largest absolute Gasteiger partial charge is 0.362 e. The highest BCUT2D eigenvalue weighted by Crippen LogP contribution is 2.32. The molecule has 8 heteroatoms. The van der Waals surface area contributed by atoms with Crippen LogP contribution in [0.2, 0.25) is 0 Å². The Balaban J connectivity index is 1.39. The van der Waals surface area contributed by atoms with E-state index in [4.69, 9.17) is 0 Å². The molecule has 0 saturated carbocycles. The molecular formula is C24H29N5O3. The molecule has 4 rings (SSSR count). The van der Waals surface area contributed by atoms with Crippen molar-refractivity contribution in [3.05, 3.63) is 59.4 Å². The number of hydrogen-bond donors (Lipinski definition) is 3. The van der Waals surface area contributed by atoms with Gasteiger partial charge in [-0.3, -0.25) is 19.4 Å². The van der Waals surface area contributed by atoms with E-state index in [0.717, 1.165) is 16.8 Å². The summed E-state index contributed by atoms with van der Waals surface area (Å²) in [6.07, 6.45) is 5.40. The Labute approximate surface area is 187 Å². The van der Waals surface area contributed by atoms with E-state index in [1.165, 1.54) is 0 Å². The molecule has 0 radical (unpaired) electrons. The van der Waals surface area contributed by atoms with Crippen molar-refractivity contribution < 1.29 is 14.4 Å². The molecule has 168 valence electrons. The third-order valence-electron chi connectivity index (χ3n) is 6.32. The molecule has 3 heterocycles. The zero-order chi connectivity index (χ0) is 22.7. The van der Waals surface area contributed by atoms with E-state index in [1.807, 2.05) is 37.3 Å². The van der Waals surface area contributed by atoms with Gasteiger partial charge >= 0.3 is 0 Å². The lowest BCUT2D eigenvalue weighted by atomic mass is 9.94. The van der Waals surface area contributed by atoms with E-state index >= 15 is 0 Å². The number of carbonyl (C=O) groups is 3. The van der Waals surface area contributed by atoms with Crippen LogP contribution in [0.4, 0.5) is 5.69 Å². The second-order valence-corrected chi connectivity index (χ2v) is 8.62. The van der Waals surface area contributed by atoms with Crippen LogP contribution in [-0.2, 0) is 16.0 Å². The highest BCUT2D eigenvalue weighted by atomic mass is 16.2. The van der Waals surface area contributed by atoms with Crippen LogP contribution in [0.15, 0.2) is 42.7 Å². The normalized spacial score (nSPS) is 21.2. The van der Waals surface area contributed by atoms with Gasteiger partial charge in [-0.1, -0.05) is 6.07 Å². The molecule has 1 fully saturated rings. The fourth-order valence-corrected chi connectivity index (χ4v) is 4.39. The molecule has 2 aliphatic rings. The van der Waals surface area contributed by atoms with E-state index < -0.39 is 11.7 Å². The van der Waals surface area contributed by atoms with Crippen LogP contribution in [-0.4, -0.2) is 52.4 Å². The van der Waals surface area contributed by atoms with Crippen LogP contribution in [0.5, 0.6) is 0 Å². The summed E-state index contributed by atoms with van der Waals surface area (Å²) in [7, 11) is 0. The lowest BCUT2D eigenvalue weighted by Crippen LogP contribution is -2.58. The SMILES string of the molecule is Cc1ccc2c(c1)N[C@]1(CCC(=O)N([C@@H](C)C(=O)NCCc3ccncc3)CC1)NC2=O. The minimum atomic E-state index is -0.695. The standard InChI is InChI=1S/C24H29N5O3/c1-16-3-4-19-20(15-16)27-24(28-23(19)32)9-5-21(30)29(14-10-24)17(2)22(31)26-13-8-18-6-11-25-12-7-18/h3-4,6-7,11-12,15,17,27H,5,8-10,13-14H2,1-2H3,(H,26,31)(H,28,32)/t17-,24+/m0/s1. The first-order valence-corrected chi connectivity index (χ1v) is 11.0. The number of nitrogens with zero attached hydrogens (tertiary/aromatic N) is 2. The van der Waals surface area contributed by atoms with Gasteiger partial charge in [0.25, 0.3) is 5.91 Å². The van der Waals surface area contributed by atoms with Gasteiger partial charge in [0.1, 0.15) is 11.7 Å². The minimum Gasteiger partial charge on any atom is -0.362 e. The average molecular weight is 436 g/mol. The molecule has 32 heavy (non-hydrogen) atoms. The Morgan fingerprint density at radius 1 is 1.19 bits per heavy atom. The van der Waals surface area contributed by atoms with E-state index in [-0.39, 0.29) is 24.1 Å². The summed E-state index contributed by atoms with van der Waals surface area (Å²) >= 11 is 0. The monoisotopic (exact) mass is 435 g/mol. The van der Waals surface area contributed by atoms with E-state index in [1.54, 1.807) is 24.2 Å². The highest BCUT2D eigenvalue weighted by molar-refractivity contribution is 6.02. The molecule has 3 N–H and O–H groups in total. The fourth-order valence-electron chi connectivity index (χ4n) is 4.39. The maximum Gasteiger partial charge on any atom is 0.255 e. The van der Waals surface area contributed by atoms with Crippen molar-refractivity contribution in [2.24, 2.45) is 0 Å². The van der Waals surface area contributed by atoms with Gasteiger partial charge in [0.2, 0.25) is 11.8 Å². The van der Waals surface area contributed by atoms with Crippen LogP contribution >= 0.6 is 0 Å². The van der Waals surface area contributed by atoms with Gasteiger partial charge in [0, 0.05) is 44.0 Å². The van der Waals surface area contributed by atoms with Gasteiger partial charge in [-0.2, -0.15) is 0 Å². The van der Waals surface area contributed by atoms with Gasteiger partial charge in [0.15, 0.2) is 0 Å². The minimum absolute atomic E-state index is 0.0789. The number of rotatable bonds is 5. The van der Waals surface area contributed by atoms with Crippen LogP contribution in [0, 0.1) is 6.92 Å². The molecule has 0 unspecified atom stereocenters. The average Bonchev–Trinajstić information content (AvgIpc) is 2.92. The maximum absolute atomic E-state index is 12.9. The second-order valence-electron chi connectivity index (χ2n) is 8.62. The molecule has 1 aromatic carbocycles. The summed E-state index contributed by atoms with van der Waals surface area (Å²) in [6.45, 7) is 4.61. The zero-order valence-corrected chi connectivity index (χ0v) is 18.5. The van der Waals surface area contributed by atoms with E-state index in [2.05, 4.69) is 20.9 Å². The first kappa shape index (κ1) is 21.8. The number of hydrogen-bond acceptors (Lipinski definition) is 5. The summed E-state index contributed by atoms with van der Waals surface area (Å²) in [4.78, 5) is 43.9. The van der Waals surface area contributed by atoms with Crippen LogP contribution in [0.25, 0.3) is 0 Å². The summed E-state index contributed by atoms with van der Waals surface area (Å²) < 4.78 is 0. The molecule has 2 atom stereocenters. The van der Waals surface area contributed by atoms with E-state index in [0.29, 0.717) is 37.9 Å². The van der Waals surface area contributed by atoms with Gasteiger partial charge < -0.3 is 20.9 Å². The summed E-state index contributed by atoms with van der Waals surface area (Å²) in [6, 6.07) is 8.93. The van der Waals surface area contributed by atoms with Crippen molar-refractivity contribution in [1.29, 1.82) is 0 Å². The fraction of sp³-hybridized carbons (Fsp3) is 0.417. The van der Waals surface area contributed by atoms with Crippen molar-refractivity contribution in [3.63, 3.8) is 0 Å². The zero-order valence-electron chi connectivity index (χ0n) is 18.5. The van der Waals surface area contributed by atoms with Crippen LogP contribution in [0.1, 0.15) is 47.7 Å². The van der Waals surface area contributed by atoms with Crippen LogP contribution < -0.4 is 16.0 Å². The Kier molecular flexibility index (Phi) is 6.12. The Morgan fingerprint density at radius 2 is 1.97 bits per heavy atom. The van der Waals surface area contributed by atoms with Crippen molar-refractivity contribution >= 4 is 23.4 Å². The number of carbonyl (C=O) groups excluding carboxylic acids is 3. The van der Waals surface area contributed by atoms with Crippen molar-refractivity contribution in [2.45, 2.75) is 51.2 Å². The number of amides is 3. The highest BCUT2D eigenvalue weighted by Gasteiger charge is 2.41. The number of benzene rings is 1. The Morgan fingerprint density at radius 3 is 2.75 bits per heavy atom. The number of pyridine rings is 1. The van der Waals surface area contributed by atoms with Crippen molar-refractivity contribution in [2.75, 3.05) is 18.4 Å². The first-order valence-electron chi connectivity index (χ1n) is 11.0. The molecule has 2 aliphatic heterocycles. The Bertz CT molecular complexity index is 1030. The molecule has 1 aromatic heterocycles. The van der Waals surface area contributed by atoms with E-state index in [9.17, 15) is 14.4 Å². The van der Waals surface area contributed by atoms with Gasteiger partial charge in [-0.05, 0) is 62.1 Å². The molecule has 1 saturated heterocycles. The topological polar surface area (TPSA) is 103 Å². The predicted molar refractivity (Wildman–Crippen MR) is 121 cm³/mol. The third-order valence-corrected chi connectivity index (χ3v) is 6.32. The second kappa shape index (κ2) is 8.98. The molecule has 2 aromatic rings. The molecule has 3 amide bonds. The number of aromatic nitrogens is 1. The number of nitrogens with one attached hydrogen (secondary N) is 3. The van der Waals surface area contributed by atoms with Crippen LogP contribution in [0.3, 0.4) is 0 Å². The number of aryl methyl sites for hydroxylation is 1. The molecule has 8 nitrogen and oxygen atoms in total. The van der Waals surface area contributed by atoms with Gasteiger partial charge in [-0.15, -0.1) is 0 Å². The van der Waals surface area contributed by atoms with Gasteiger partial charge in [-0.25, -0.2) is 0 Å². The third kappa shape index (κ3) is 4.59. The lowest BCUT2D eigenvalue weighted by Gasteiger charge is -2.40. The van der Waals surface area contributed by atoms with Crippen molar-refractivity contribution in [3.8, 4) is 0 Å². The molecule has 0 aliphatic carbocycles. The summed E-state index contributed by atoms with van der Waals surface area (Å²) in [5.41, 5.74) is 2.85. The quantitative estimate of drug-likeness (QED) is 0.667. The Hall–Kier alpha value is -3.42. The smallest absolute Gasteiger partial charge is 0.255 e. The maximum atomic E-state index is 12.9. The number of likely N-dealkylation sites (tertiary alicyclic amines) is 1. The predicted octanol–water partition coefficient (Wildman–Crippen LogP) is 2.00. The summed E-state index contributed by atoms with van der Waals surface area (Å²) in [5.74, 6) is -0.392.